The lowest BCUT2D eigenvalue weighted by atomic mass is 9.90. The van der Waals surface area contributed by atoms with Crippen LogP contribution in [0, 0.1) is 11.8 Å². The van der Waals surface area contributed by atoms with Gasteiger partial charge in [-0.2, -0.15) is 0 Å². The van der Waals surface area contributed by atoms with Gasteiger partial charge in [0.1, 0.15) is 0 Å². The van der Waals surface area contributed by atoms with E-state index in [1.165, 1.54) is 32.1 Å². The molecule has 1 amide bonds. The standard InChI is InChI=1S/C15H28N2O.ClH/c1-12(16)14-9-10-17(11-14)15(18)13-7-5-3-2-4-6-8-13;/h12-14H,2-11,16H2,1H3;1H. The van der Waals surface area contributed by atoms with Crippen molar-refractivity contribution < 1.29 is 4.79 Å². The van der Waals surface area contributed by atoms with Crippen molar-refractivity contribution in [3.05, 3.63) is 0 Å². The summed E-state index contributed by atoms with van der Waals surface area (Å²) in [6.07, 6.45) is 9.77. The van der Waals surface area contributed by atoms with Crippen LogP contribution in [0.1, 0.15) is 58.3 Å². The van der Waals surface area contributed by atoms with Crippen molar-refractivity contribution in [1.29, 1.82) is 0 Å². The zero-order valence-corrected chi connectivity index (χ0v) is 13.0. The molecule has 0 aromatic carbocycles. The first kappa shape index (κ1) is 16.8. The van der Waals surface area contributed by atoms with Gasteiger partial charge in [-0.15, -0.1) is 12.4 Å². The van der Waals surface area contributed by atoms with E-state index in [1.807, 2.05) is 0 Å². The van der Waals surface area contributed by atoms with Crippen LogP contribution >= 0.6 is 12.4 Å². The Balaban J connectivity index is 0.00000180. The average Bonchev–Trinajstić information content (AvgIpc) is 2.77. The van der Waals surface area contributed by atoms with Crippen LogP contribution in [0.5, 0.6) is 0 Å². The van der Waals surface area contributed by atoms with E-state index in [0.29, 0.717) is 17.7 Å². The number of amides is 1. The number of hydrogen-bond acceptors (Lipinski definition) is 2. The number of nitrogens with two attached hydrogens (primary N) is 1. The van der Waals surface area contributed by atoms with Gasteiger partial charge in [-0.3, -0.25) is 4.79 Å². The molecule has 4 heteroatoms. The van der Waals surface area contributed by atoms with E-state index in [4.69, 9.17) is 5.73 Å². The first-order valence-electron chi connectivity index (χ1n) is 7.73. The van der Waals surface area contributed by atoms with E-state index in [9.17, 15) is 4.79 Å². The van der Waals surface area contributed by atoms with Crippen molar-refractivity contribution in [2.24, 2.45) is 17.6 Å². The second kappa shape index (κ2) is 8.11. The molecule has 2 atom stereocenters. The molecule has 2 unspecified atom stereocenters. The van der Waals surface area contributed by atoms with Crippen molar-refractivity contribution in [2.45, 2.75) is 64.3 Å². The Morgan fingerprint density at radius 2 is 1.68 bits per heavy atom. The summed E-state index contributed by atoms with van der Waals surface area (Å²) in [5.41, 5.74) is 5.95. The minimum Gasteiger partial charge on any atom is -0.342 e. The second-order valence-corrected chi connectivity index (χ2v) is 6.23. The number of likely N-dealkylation sites (tertiary alicyclic amines) is 1. The zero-order valence-electron chi connectivity index (χ0n) is 12.1. The highest BCUT2D eigenvalue weighted by Crippen LogP contribution is 2.27. The maximum absolute atomic E-state index is 12.5. The molecule has 3 nitrogen and oxygen atoms in total. The van der Waals surface area contributed by atoms with Crippen LogP contribution in [0.2, 0.25) is 0 Å². The number of halogens is 1. The molecule has 0 aromatic heterocycles. The topological polar surface area (TPSA) is 46.3 Å². The molecule has 1 saturated heterocycles. The van der Waals surface area contributed by atoms with Gasteiger partial charge in [-0.25, -0.2) is 0 Å². The molecule has 19 heavy (non-hydrogen) atoms. The molecule has 0 aromatic rings. The summed E-state index contributed by atoms with van der Waals surface area (Å²) in [4.78, 5) is 14.6. The van der Waals surface area contributed by atoms with Crippen LogP contribution in [0.4, 0.5) is 0 Å². The minimum absolute atomic E-state index is 0. The Hall–Kier alpha value is -0.280. The molecule has 2 fully saturated rings. The fourth-order valence-electron chi connectivity index (χ4n) is 3.38. The second-order valence-electron chi connectivity index (χ2n) is 6.23. The number of rotatable bonds is 2. The maximum atomic E-state index is 12.5. The van der Waals surface area contributed by atoms with Crippen molar-refractivity contribution >= 4 is 18.3 Å². The molecule has 1 aliphatic carbocycles. The summed E-state index contributed by atoms with van der Waals surface area (Å²) in [6, 6.07) is 0.222. The maximum Gasteiger partial charge on any atom is 0.225 e. The van der Waals surface area contributed by atoms with Crippen LogP contribution < -0.4 is 5.73 Å². The lowest BCUT2D eigenvalue weighted by Crippen LogP contribution is -2.36. The van der Waals surface area contributed by atoms with E-state index >= 15 is 0 Å². The van der Waals surface area contributed by atoms with Gasteiger partial charge in [0.05, 0.1) is 0 Å². The highest BCUT2D eigenvalue weighted by molar-refractivity contribution is 5.85. The molecule has 1 aliphatic heterocycles. The summed E-state index contributed by atoms with van der Waals surface area (Å²) in [7, 11) is 0. The average molecular weight is 289 g/mol. The minimum atomic E-state index is 0. The Morgan fingerprint density at radius 3 is 2.21 bits per heavy atom. The number of carbonyl (C=O) groups is 1. The van der Waals surface area contributed by atoms with Gasteiger partial charge in [0.15, 0.2) is 0 Å². The molecular weight excluding hydrogens is 260 g/mol. The summed E-state index contributed by atoms with van der Waals surface area (Å²) < 4.78 is 0. The third kappa shape index (κ3) is 4.64. The van der Waals surface area contributed by atoms with Crippen LogP contribution in [0.15, 0.2) is 0 Å². The van der Waals surface area contributed by atoms with Gasteiger partial charge < -0.3 is 10.6 Å². The highest BCUT2D eigenvalue weighted by Gasteiger charge is 2.31. The van der Waals surface area contributed by atoms with Crippen LogP contribution in [-0.2, 0) is 4.79 Å². The van der Waals surface area contributed by atoms with Gasteiger partial charge in [0.25, 0.3) is 0 Å². The van der Waals surface area contributed by atoms with Crippen LogP contribution in [0.25, 0.3) is 0 Å². The van der Waals surface area contributed by atoms with E-state index in [1.54, 1.807) is 0 Å². The summed E-state index contributed by atoms with van der Waals surface area (Å²) >= 11 is 0. The Kier molecular flexibility index (Phi) is 7.16. The van der Waals surface area contributed by atoms with Crippen molar-refractivity contribution in [1.82, 2.24) is 4.90 Å². The molecule has 0 radical (unpaired) electrons. The normalized spacial score (nSPS) is 27.3. The molecule has 0 bridgehead atoms. The first-order chi connectivity index (χ1) is 8.68. The Bertz CT molecular complexity index is 275. The summed E-state index contributed by atoms with van der Waals surface area (Å²) in [5.74, 6) is 1.24. The van der Waals surface area contributed by atoms with Crippen LogP contribution in [0.3, 0.4) is 0 Å². The Labute approximate surface area is 123 Å². The van der Waals surface area contributed by atoms with E-state index < -0.39 is 0 Å². The van der Waals surface area contributed by atoms with E-state index in [0.717, 1.165) is 32.4 Å². The lowest BCUT2D eigenvalue weighted by Gasteiger charge is -2.25. The molecular formula is C15H29ClN2O. The number of nitrogens with zero attached hydrogens (tertiary/aromatic N) is 1. The van der Waals surface area contributed by atoms with Gasteiger partial charge in [0.2, 0.25) is 5.91 Å². The van der Waals surface area contributed by atoms with Gasteiger partial charge in [-0.1, -0.05) is 32.1 Å². The van der Waals surface area contributed by atoms with Gasteiger partial charge in [0, 0.05) is 25.0 Å². The van der Waals surface area contributed by atoms with Crippen molar-refractivity contribution in [3.8, 4) is 0 Å². The molecule has 0 spiro atoms. The third-order valence-electron chi connectivity index (χ3n) is 4.73. The Morgan fingerprint density at radius 1 is 1.11 bits per heavy atom. The molecule has 1 heterocycles. The quantitative estimate of drug-likeness (QED) is 0.849. The number of hydrogen-bond donors (Lipinski definition) is 1. The predicted molar refractivity (Wildman–Crippen MR) is 81.4 cm³/mol. The molecule has 2 N–H and O–H groups in total. The smallest absolute Gasteiger partial charge is 0.225 e. The molecule has 2 rings (SSSR count). The monoisotopic (exact) mass is 288 g/mol. The van der Waals surface area contributed by atoms with Crippen LogP contribution in [-0.4, -0.2) is 29.9 Å². The van der Waals surface area contributed by atoms with Crippen molar-refractivity contribution in [2.75, 3.05) is 13.1 Å². The molecule has 112 valence electrons. The van der Waals surface area contributed by atoms with E-state index in [2.05, 4.69) is 11.8 Å². The van der Waals surface area contributed by atoms with Gasteiger partial charge in [-0.05, 0) is 32.1 Å². The zero-order chi connectivity index (χ0) is 13.0. The van der Waals surface area contributed by atoms with Gasteiger partial charge >= 0.3 is 0 Å². The fraction of sp³-hybridized carbons (Fsp3) is 0.933. The first-order valence-corrected chi connectivity index (χ1v) is 7.73. The van der Waals surface area contributed by atoms with E-state index in [-0.39, 0.29) is 18.4 Å². The van der Waals surface area contributed by atoms with Crippen molar-refractivity contribution in [3.63, 3.8) is 0 Å². The predicted octanol–water partition coefficient (Wildman–Crippen LogP) is 2.96. The highest BCUT2D eigenvalue weighted by atomic mass is 35.5. The molecule has 1 saturated carbocycles. The molecule has 2 aliphatic rings. The fourth-order valence-corrected chi connectivity index (χ4v) is 3.38. The summed E-state index contributed by atoms with van der Waals surface area (Å²) in [5, 5.41) is 0. The lowest BCUT2D eigenvalue weighted by molar-refractivity contribution is -0.135. The summed E-state index contributed by atoms with van der Waals surface area (Å²) in [6.45, 7) is 3.89. The third-order valence-corrected chi connectivity index (χ3v) is 4.73. The number of carbonyl (C=O) groups excluding carboxylic acids is 1. The largest absolute Gasteiger partial charge is 0.342 e. The SMILES string of the molecule is CC(N)C1CCN(C(=O)C2CCCCCCC2)C1.Cl.